The zero-order valence-electron chi connectivity index (χ0n) is 14.3. The fourth-order valence-electron chi connectivity index (χ4n) is 2.82. The topological polar surface area (TPSA) is 63.7 Å². The van der Waals surface area contributed by atoms with Crippen LogP contribution in [-0.2, 0) is 34.2 Å². The van der Waals surface area contributed by atoms with Crippen LogP contribution in [0.25, 0.3) is 0 Å². The molecule has 0 N–H and O–H groups in total. The minimum absolute atomic E-state index is 0.0538. The Morgan fingerprint density at radius 2 is 1.96 bits per heavy atom. The first-order valence-corrected chi connectivity index (χ1v) is 10.4. The van der Waals surface area contributed by atoms with Gasteiger partial charge in [-0.2, -0.15) is 0 Å². The number of carbonyl (C=O) groups excluding carboxylic acids is 1. The summed E-state index contributed by atoms with van der Waals surface area (Å²) in [6.45, 7) is 0.0538. The monoisotopic (exact) mass is 379 g/mol. The minimum atomic E-state index is -3.50. The summed E-state index contributed by atoms with van der Waals surface area (Å²) in [5, 5.41) is 0. The number of sulfonamides is 1. The lowest BCUT2D eigenvalue weighted by Crippen LogP contribution is -2.22. The first-order valence-electron chi connectivity index (χ1n) is 8.18. The Morgan fingerprint density at radius 3 is 2.68 bits per heavy atom. The Bertz CT molecular complexity index is 861. The molecular weight excluding hydrogens is 358 g/mol. The van der Waals surface area contributed by atoms with Gasteiger partial charge in [-0.1, -0.05) is 12.1 Å². The van der Waals surface area contributed by atoms with E-state index in [0.29, 0.717) is 10.4 Å². The molecule has 1 heterocycles. The molecule has 0 spiro atoms. The number of hydrogen-bond acceptors (Lipinski definition) is 5. The van der Waals surface area contributed by atoms with Gasteiger partial charge in [-0.15, -0.1) is 11.3 Å². The van der Waals surface area contributed by atoms with E-state index < -0.39 is 10.0 Å². The maximum atomic E-state index is 12.3. The number of hydrogen-bond donors (Lipinski definition) is 0. The van der Waals surface area contributed by atoms with Gasteiger partial charge in [0.2, 0.25) is 10.0 Å². The van der Waals surface area contributed by atoms with Crippen molar-refractivity contribution >= 4 is 27.3 Å². The molecule has 0 saturated carbocycles. The molecule has 7 heteroatoms. The van der Waals surface area contributed by atoms with Gasteiger partial charge < -0.3 is 4.74 Å². The van der Waals surface area contributed by atoms with Crippen LogP contribution in [0.1, 0.15) is 38.5 Å². The Morgan fingerprint density at radius 1 is 1.20 bits per heavy atom. The second-order valence-electron chi connectivity index (χ2n) is 6.28. The fourth-order valence-corrected chi connectivity index (χ4v) is 4.94. The quantitative estimate of drug-likeness (QED) is 0.748. The van der Waals surface area contributed by atoms with Gasteiger partial charge in [0.15, 0.2) is 0 Å². The highest BCUT2D eigenvalue weighted by atomic mass is 32.2. The SMILES string of the molecule is CN(C)S(=O)(=O)c1cccc(COC(=O)c2cc3c(s2)CCCC3)c1. The maximum absolute atomic E-state index is 12.3. The van der Waals surface area contributed by atoms with Crippen LogP contribution < -0.4 is 0 Å². The highest BCUT2D eigenvalue weighted by molar-refractivity contribution is 7.89. The second-order valence-corrected chi connectivity index (χ2v) is 9.57. The van der Waals surface area contributed by atoms with Crippen LogP contribution >= 0.6 is 11.3 Å². The van der Waals surface area contributed by atoms with E-state index >= 15 is 0 Å². The van der Waals surface area contributed by atoms with Crippen molar-refractivity contribution in [2.24, 2.45) is 0 Å². The lowest BCUT2D eigenvalue weighted by atomic mass is 9.99. The van der Waals surface area contributed by atoms with Gasteiger partial charge in [0.1, 0.15) is 11.5 Å². The van der Waals surface area contributed by atoms with E-state index in [2.05, 4.69) is 0 Å². The molecule has 0 saturated heterocycles. The Hall–Kier alpha value is -1.70. The van der Waals surface area contributed by atoms with Gasteiger partial charge in [0.25, 0.3) is 0 Å². The second kappa shape index (κ2) is 7.27. The van der Waals surface area contributed by atoms with Crippen molar-refractivity contribution in [3.05, 3.63) is 51.2 Å². The van der Waals surface area contributed by atoms with E-state index in [1.165, 1.54) is 54.8 Å². The summed E-state index contributed by atoms with van der Waals surface area (Å²) >= 11 is 1.51. The number of carbonyl (C=O) groups is 1. The Kier molecular flexibility index (Phi) is 5.27. The highest BCUT2D eigenvalue weighted by Gasteiger charge is 2.19. The number of rotatable bonds is 5. The molecule has 3 rings (SSSR count). The molecule has 2 aromatic rings. The molecule has 25 heavy (non-hydrogen) atoms. The molecule has 1 aromatic heterocycles. The van der Waals surface area contributed by atoms with Crippen molar-refractivity contribution in [1.82, 2.24) is 4.31 Å². The zero-order chi connectivity index (χ0) is 18.0. The third-order valence-corrected chi connectivity index (χ3v) is 7.27. The normalized spacial score (nSPS) is 14.4. The molecule has 5 nitrogen and oxygen atoms in total. The average molecular weight is 380 g/mol. The van der Waals surface area contributed by atoms with Crippen LogP contribution in [0.3, 0.4) is 0 Å². The van der Waals surface area contributed by atoms with Crippen molar-refractivity contribution in [2.75, 3.05) is 14.1 Å². The Labute approximate surface area is 152 Å². The first kappa shape index (κ1) is 18.1. The summed E-state index contributed by atoms with van der Waals surface area (Å²) < 4.78 is 30.9. The standard InChI is InChI=1S/C18H21NO4S2/c1-19(2)25(21,22)15-8-5-6-13(10-15)12-23-18(20)17-11-14-7-3-4-9-16(14)24-17/h5-6,8,10-11H,3-4,7,9,12H2,1-2H3. The number of ether oxygens (including phenoxy) is 1. The average Bonchev–Trinajstić information content (AvgIpc) is 3.04. The van der Waals surface area contributed by atoms with Gasteiger partial charge in [-0.25, -0.2) is 17.5 Å². The lowest BCUT2D eigenvalue weighted by Gasteiger charge is -2.12. The van der Waals surface area contributed by atoms with Crippen molar-refractivity contribution in [1.29, 1.82) is 0 Å². The number of benzene rings is 1. The van der Waals surface area contributed by atoms with Crippen LogP contribution in [0.2, 0.25) is 0 Å². The molecule has 0 fully saturated rings. The van der Waals surface area contributed by atoms with Gasteiger partial charge in [0.05, 0.1) is 4.90 Å². The molecular formula is C18H21NO4S2. The third kappa shape index (κ3) is 3.94. The van der Waals surface area contributed by atoms with Crippen molar-refractivity contribution in [2.45, 2.75) is 37.2 Å². The molecule has 0 unspecified atom stereocenters. The largest absolute Gasteiger partial charge is 0.457 e. The smallest absolute Gasteiger partial charge is 0.348 e. The number of nitrogens with zero attached hydrogens (tertiary/aromatic N) is 1. The zero-order valence-corrected chi connectivity index (χ0v) is 16.0. The number of aryl methyl sites for hydroxylation is 2. The summed E-state index contributed by atoms with van der Waals surface area (Å²) in [5.41, 5.74) is 1.92. The number of thiophene rings is 1. The van der Waals surface area contributed by atoms with Crippen LogP contribution in [0.4, 0.5) is 0 Å². The number of fused-ring (bicyclic) bond motifs is 1. The molecule has 0 atom stereocenters. The van der Waals surface area contributed by atoms with E-state index in [-0.39, 0.29) is 17.5 Å². The molecule has 1 aliphatic rings. The van der Waals surface area contributed by atoms with Crippen molar-refractivity contribution in [3.8, 4) is 0 Å². The molecule has 1 aromatic carbocycles. The van der Waals surface area contributed by atoms with Gasteiger partial charge in [-0.05, 0) is 55.0 Å². The van der Waals surface area contributed by atoms with Crippen LogP contribution in [-0.4, -0.2) is 32.8 Å². The van der Waals surface area contributed by atoms with Gasteiger partial charge >= 0.3 is 5.97 Å². The van der Waals surface area contributed by atoms with E-state index in [4.69, 9.17) is 4.74 Å². The van der Waals surface area contributed by atoms with E-state index in [1.807, 2.05) is 6.07 Å². The van der Waals surface area contributed by atoms with E-state index in [0.717, 1.165) is 17.1 Å². The predicted molar refractivity (Wildman–Crippen MR) is 97.4 cm³/mol. The lowest BCUT2D eigenvalue weighted by molar-refractivity contribution is 0.0478. The van der Waals surface area contributed by atoms with E-state index in [9.17, 15) is 13.2 Å². The van der Waals surface area contributed by atoms with Crippen molar-refractivity contribution < 1.29 is 17.9 Å². The number of esters is 1. The molecule has 0 radical (unpaired) electrons. The third-order valence-electron chi connectivity index (χ3n) is 4.24. The summed E-state index contributed by atoms with van der Waals surface area (Å²) in [6, 6.07) is 8.43. The molecule has 0 aliphatic heterocycles. The molecule has 1 aliphatic carbocycles. The predicted octanol–water partition coefficient (Wildman–Crippen LogP) is 3.23. The van der Waals surface area contributed by atoms with Crippen molar-refractivity contribution in [3.63, 3.8) is 0 Å². The van der Waals surface area contributed by atoms with E-state index in [1.54, 1.807) is 18.2 Å². The first-order chi connectivity index (χ1) is 11.9. The van der Waals surface area contributed by atoms with Gasteiger partial charge in [0, 0.05) is 19.0 Å². The van der Waals surface area contributed by atoms with Crippen LogP contribution in [0, 0.1) is 0 Å². The summed E-state index contributed by atoms with van der Waals surface area (Å²) in [5.74, 6) is -0.347. The van der Waals surface area contributed by atoms with Gasteiger partial charge in [-0.3, -0.25) is 0 Å². The molecule has 134 valence electrons. The summed E-state index contributed by atoms with van der Waals surface area (Å²) in [4.78, 5) is 14.4. The maximum Gasteiger partial charge on any atom is 0.348 e. The minimum Gasteiger partial charge on any atom is -0.457 e. The Balaban J connectivity index is 1.69. The molecule has 0 amide bonds. The fraction of sp³-hybridized carbons (Fsp3) is 0.389. The summed E-state index contributed by atoms with van der Waals surface area (Å²) in [6.07, 6.45) is 4.42. The van der Waals surface area contributed by atoms with Crippen LogP contribution in [0.15, 0.2) is 35.2 Å². The molecule has 0 bridgehead atoms. The summed E-state index contributed by atoms with van der Waals surface area (Å²) in [7, 11) is -0.524. The highest BCUT2D eigenvalue weighted by Crippen LogP contribution is 2.30. The van der Waals surface area contributed by atoms with Crippen LogP contribution in [0.5, 0.6) is 0 Å².